The zero-order chi connectivity index (χ0) is 10.4. The number of allylic oxidation sites excluding steroid dienone is 1. The second-order valence-corrected chi connectivity index (χ2v) is 4.75. The first-order chi connectivity index (χ1) is 6.04. The fraction of sp³-hybridized carbons (Fsp3) is 0.833. The van der Waals surface area contributed by atoms with Crippen LogP contribution >= 0.6 is 0 Å². The van der Waals surface area contributed by atoms with E-state index in [0.717, 1.165) is 23.6 Å². The van der Waals surface area contributed by atoms with Crippen LogP contribution in [0.5, 0.6) is 0 Å². The Morgan fingerprint density at radius 3 is 2.00 bits per heavy atom. The van der Waals surface area contributed by atoms with Crippen molar-refractivity contribution >= 4 is 7.85 Å². The van der Waals surface area contributed by atoms with Crippen molar-refractivity contribution in [1.29, 1.82) is 0 Å². The summed E-state index contributed by atoms with van der Waals surface area (Å²) in [6.45, 7) is 13.2. The van der Waals surface area contributed by atoms with E-state index in [2.05, 4.69) is 48.2 Å². The van der Waals surface area contributed by atoms with Gasteiger partial charge in [-0.3, -0.25) is 0 Å². The Labute approximate surface area is 85.2 Å². The molecule has 0 amide bonds. The van der Waals surface area contributed by atoms with Gasteiger partial charge in [0.2, 0.25) is 0 Å². The molecule has 0 spiro atoms. The van der Waals surface area contributed by atoms with Gasteiger partial charge in [0.1, 0.15) is 7.85 Å². The van der Waals surface area contributed by atoms with E-state index in [9.17, 15) is 0 Å². The van der Waals surface area contributed by atoms with Gasteiger partial charge in [-0.2, -0.15) is 0 Å². The Bertz CT molecular complexity index is 138. The molecule has 0 aliphatic rings. The molecule has 0 radical (unpaired) electrons. The molecule has 0 heterocycles. The number of hydrogen-bond donors (Lipinski definition) is 0. The van der Waals surface area contributed by atoms with E-state index in [4.69, 9.17) is 0 Å². The largest absolute Gasteiger partial charge is 0.105 e. The summed E-state index contributed by atoms with van der Waals surface area (Å²) in [5, 5.41) is 0. The van der Waals surface area contributed by atoms with Gasteiger partial charge in [0.25, 0.3) is 0 Å². The molecule has 0 saturated carbocycles. The molecule has 1 heteroatoms. The van der Waals surface area contributed by atoms with E-state index in [1.165, 1.54) is 12.8 Å². The number of hydrogen-bond acceptors (Lipinski definition) is 0. The van der Waals surface area contributed by atoms with Crippen LogP contribution in [0.2, 0.25) is 5.82 Å². The van der Waals surface area contributed by atoms with Crippen LogP contribution in [0.3, 0.4) is 0 Å². The zero-order valence-corrected chi connectivity index (χ0v) is 10.0. The molecule has 0 N–H and O–H groups in total. The van der Waals surface area contributed by atoms with Crippen LogP contribution in [0.4, 0.5) is 0 Å². The van der Waals surface area contributed by atoms with E-state index in [-0.39, 0.29) is 0 Å². The Kier molecular flexibility index (Phi) is 6.19. The molecule has 0 aliphatic carbocycles. The van der Waals surface area contributed by atoms with Crippen LogP contribution in [0.1, 0.15) is 40.5 Å². The lowest BCUT2D eigenvalue weighted by atomic mass is 9.66. The lowest BCUT2D eigenvalue weighted by Gasteiger charge is -2.31. The molecule has 76 valence electrons. The molecule has 0 fully saturated rings. The van der Waals surface area contributed by atoms with Gasteiger partial charge in [-0.05, 0) is 24.2 Å². The first-order valence-corrected chi connectivity index (χ1v) is 5.65. The maximum absolute atomic E-state index is 3.86. The molecule has 0 aromatic heterocycles. The Hall–Kier alpha value is -0.195. The van der Waals surface area contributed by atoms with Gasteiger partial charge < -0.3 is 0 Å². The van der Waals surface area contributed by atoms with Crippen molar-refractivity contribution in [3.63, 3.8) is 0 Å². The van der Waals surface area contributed by atoms with Crippen molar-refractivity contribution in [2.24, 2.45) is 17.8 Å². The third-order valence-electron chi connectivity index (χ3n) is 3.17. The summed E-state index contributed by atoms with van der Waals surface area (Å²) in [6, 6.07) is 0. The van der Waals surface area contributed by atoms with Crippen LogP contribution in [0, 0.1) is 17.8 Å². The van der Waals surface area contributed by atoms with Crippen molar-refractivity contribution in [1.82, 2.24) is 0 Å². The summed E-state index contributed by atoms with van der Waals surface area (Å²) in [5.41, 5.74) is 0. The van der Waals surface area contributed by atoms with E-state index < -0.39 is 0 Å². The van der Waals surface area contributed by atoms with Crippen LogP contribution in [0.15, 0.2) is 12.7 Å². The van der Waals surface area contributed by atoms with E-state index in [1.807, 2.05) is 0 Å². The van der Waals surface area contributed by atoms with Crippen molar-refractivity contribution in [3.8, 4) is 0 Å². The van der Waals surface area contributed by atoms with Gasteiger partial charge in [-0.15, -0.1) is 6.58 Å². The lowest BCUT2D eigenvalue weighted by Crippen LogP contribution is -2.22. The standard InChI is InChI=1S/C12H25B/c1-6-8-12(10(5)13)11(7-2)9(3)4/h6,9-12H,1,7-8,13H2,2-5H3. The zero-order valence-electron chi connectivity index (χ0n) is 10.0. The normalized spacial score (nSPS) is 18.2. The second-order valence-electron chi connectivity index (χ2n) is 4.75. The SMILES string of the molecule is BC(C)C(CC=C)C(CC)C(C)C. The molecule has 0 aliphatic heterocycles. The Morgan fingerprint density at radius 1 is 1.23 bits per heavy atom. The fourth-order valence-corrected chi connectivity index (χ4v) is 2.40. The minimum Gasteiger partial charge on any atom is -0.103 e. The van der Waals surface area contributed by atoms with Crippen molar-refractivity contribution in [3.05, 3.63) is 12.7 Å². The van der Waals surface area contributed by atoms with Gasteiger partial charge in [-0.1, -0.05) is 46.0 Å². The highest BCUT2D eigenvalue weighted by Crippen LogP contribution is 2.34. The van der Waals surface area contributed by atoms with Gasteiger partial charge in [0, 0.05) is 0 Å². The average Bonchev–Trinajstić information content (AvgIpc) is 2.03. The Balaban J connectivity index is 4.38. The van der Waals surface area contributed by atoms with E-state index in [0.29, 0.717) is 0 Å². The van der Waals surface area contributed by atoms with Crippen LogP contribution in [-0.4, -0.2) is 7.85 Å². The van der Waals surface area contributed by atoms with Crippen LogP contribution in [0.25, 0.3) is 0 Å². The summed E-state index contributed by atoms with van der Waals surface area (Å²) >= 11 is 0. The minimum atomic E-state index is 0.783. The molecule has 0 aromatic rings. The summed E-state index contributed by atoms with van der Waals surface area (Å²) < 4.78 is 0. The molecule has 3 unspecified atom stereocenters. The smallest absolute Gasteiger partial charge is 0.103 e. The lowest BCUT2D eigenvalue weighted by molar-refractivity contribution is 0.240. The second kappa shape index (κ2) is 6.29. The predicted molar refractivity (Wildman–Crippen MR) is 64.9 cm³/mol. The van der Waals surface area contributed by atoms with E-state index >= 15 is 0 Å². The van der Waals surface area contributed by atoms with Gasteiger partial charge in [0.15, 0.2) is 0 Å². The molecule has 0 aromatic carbocycles. The van der Waals surface area contributed by atoms with Gasteiger partial charge >= 0.3 is 0 Å². The highest BCUT2D eigenvalue weighted by Gasteiger charge is 2.24. The summed E-state index contributed by atoms with van der Waals surface area (Å²) in [6.07, 6.45) is 4.55. The van der Waals surface area contributed by atoms with Crippen molar-refractivity contribution in [2.45, 2.75) is 46.4 Å². The fourth-order valence-electron chi connectivity index (χ4n) is 2.40. The predicted octanol–water partition coefficient (Wildman–Crippen LogP) is 3.30. The molecular weight excluding hydrogens is 155 g/mol. The molecule has 13 heavy (non-hydrogen) atoms. The van der Waals surface area contributed by atoms with Gasteiger partial charge in [-0.25, -0.2) is 0 Å². The summed E-state index contributed by atoms with van der Waals surface area (Å²) in [5.74, 6) is 3.27. The molecular formula is C12H25B. The molecule has 0 bridgehead atoms. The summed E-state index contributed by atoms with van der Waals surface area (Å²) in [4.78, 5) is 0. The third-order valence-corrected chi connectivity index (χ3v) is 3.17. The maximum Gasteiger partial charge on any atom is 0.105 e. The Morgan fingerprint density at radius 2 is 1.77 bits per heavy atom. The average molecular weight is 180 g/mol. The first kappa shape index (κ1) is 12.8. The highest BCUT2D eigenvalue weighted by atomic mass is 14.3. The van der Waals surface area contributed by atoms with E-state index in [1.54, 1.807) is 0 Å². The highest BCUT2D eigenvalue weighted by molar-refractivity contribution is 6.11. The van der Waals surface area contributed by atoms with Crippen LogP contribution in [-0.2, 0) is 0 Å². The minimum absolute atomic E-state index is 0.783. The first-order valence-electron chi connectivity index (χ1n) is 5.65. The monoisotopic (exact) mass is 180 g/mol. The third kappa shape index (κ3) is 4.02. The van der Waals surface area contributed by atoms with Crippen molar-refractivity contribution in [2.75, 3.05) is 0 Å². The topological polar surface area (TPSA) is 0 Å². The molecule has 0 saturated heterocycles. The maximum atomic E-state index is 3.86. The van der Waals surface area contributed by atoms with Crippen LogP contribution < -0.4 is 0 Å². The quantitative estimate of drug-likeness (QED) is 0.434. The molecule has 0 nitrogen and oxygen atoms in total. The molecule has 0 rings (SSSR count). The molecule has 3 atom stereocenters. The summed E-state index contributed by atoms with van der Waals surface area (Å²) in [7, 11) is 2.33. The van der Waals surface area contributed by atoms with Gasteiger partial charge in [0.05, 0.1) is 0 Å². The number of rotatable bonds is 6. The van der Waals surface area contributed by atoms with Crippen molar-refractivity contribution < 1.29 is 0 Å².